The molecule has 0 spiro atoms. The van der Waals surface area contributed by atoms with Crippen LogP contribution < -0.4 is 5.32 Å². The number of ether oxygens (including phenoxy) is 1. The lowest BCUT2D eigenvalue weighted by Gasteiger charge is -2.39. The highest BCUT2D eigenvalue weighted by molar-refractivity contribution is 5.02. The second kappa shape index (κ2) is 6.11. The highest BCUT2D eigenvalue weighted by atomic mass is 16.5. The van der Waals surface area contributed by atoms with Crippen molar-refractivity contribution in [1.82, 2.24) is 10.2 Å². The Morgan fingerprint density at radius 3 is 2.58 bits per heavy atom. The molecule has 3 heteroatoms. The summed E-state index contributed by atoms with van der Waals surface area (Å²) in [6.07, 6.45) is 5.43. The van der Waals surface area contributed by atoms with Crippen molar-refractivity contribution >= 4 is 0 Å². The second-order valence-electron chi connectivity index (χ2n) is 7.12. The Morgan fingerprint density at radius 2 is 2.00 bits per heavy atom. The van der Waals surface area contributed by atoms with Crippen LogP contribution in [0.15, 0.2) is 0 Å². The zero-order valence-corrected chi connectivity index (χ0v) is 13.4. The Labute approximate surface area is 119 Å². The summed E-state index contributed by atoms with van der Waals surface area (Å²) in [4.78, 5) is 2.61. The third-order valence-corrected chi connectivity index (χ3v) is 5.31. The SMILES string of the molecule is CCCNC1C(N(C)C2CCOC2C)CCC1(C)C. The standard InChI is InChI=1S/C16H32N2O/c1-6-10-17-15-14(7-9-16(15,3)4)18(5)13-8-11-19-12(13)2/h12-15,17H,6-11H2,1-5H3. The molecule has 0 aromatic rings. The number of nitrogens with one attached hydrogen (secondary N) is 1. The quantitative estimate of drug-likeness (QED) is 0.829. The highest BCUT2D eigenvalue weighted by Gasteiger charge is 2.45. The van der Waals surface area contributed by atoms with Gasteiger partial charge in [-0.2, -0.15) is 0 Å². The fourth-order valence-electron chi connectivity index (χ4n) is 4.01. The first-order chi connectivity index (χ1) is 8.97. The molecule has 0 radical (unpaired) electrons. The fourth-order valence-corrected chi connectivity index (χ4v) is 4.01. The number of likely N-dealkylation sites (N-methyl/N-ethyl adjacent to an activating group) is 1. The normalized spacial score (nSPS) is 38.2. The first kappa shape index (κ1) is 15.3. The molecular formula is C16H32N2O. The lowest BCUT2D eigenvalue weighted by Crippen LogP contribution is -2.54. The molecule has 0 amide bonds. The van der Waals surface area contributed by atoms with Crippen LogP contribution >= 0.6 is 0 Å². The molecular weight excluding hydrogens is 236 g/mol. The van der Waals surface area contributed by atoms with Crippen molar-refractivity contribution in [3.05, 3.63) is 0 Å². The Hall–Kier alpha value is -0.120. The summed E-state index contributed by atoms with van der Waals surface area (Å²) in [5, 5.41) is 3.81. The molecule has 0 aromatic carbocycles. The van der Waals surface area contributed by atoms with E-state index in [1.807, 2.05) is 0 Å². The number of hydrogen-bond acceptors (Lipinski definition) is 3. The van der Waals surface area contributed by atoms with Crippen LogP contribution in [0.5, 0.6) is 0 Å². The van der Waals surface area contributed by atoms with Crippen LogP contribution in [0.4, 0.5) is 0 Å². The molecule has 2 fully saturated rings. The van der Waals surface area contributed by atoms with Gasteiger partial charge in [-0.3, -0.25) is 4.90 Å². The van der Waals surface area contributed by atoms with Gasteiger partial charge >= 0.3 is 0 Å². The van der Waals surface area contributed by atoms with Gasteiger partial charge in [0, 0.05) is 24.7 Å². The number of rotatable bonds is 5. The molecule has 19 heavy (non-hydrogen) atoms. The van der Waals surface area contributed by atoms with Gasteiger partial charge in [-0.15, -0.1) is 0 Å². The lowest BCUT2D eigenvalue weighted by molar-refractivity contribution is 0.0573. The van der Waals surface area contributed by atoms with Crippen molar-refractivity contribution in [3.8, 4) is 0 Å². The molecule has 1 heterocycles. The van der Waals surface area contributed by atoms with Crippen LogP contribution in [0, 0.1) is 5.41 Å². The molecule has 1 saturated carbocycles. The minimum Gasteiger partial charge on any atom is -0.377 e. The first-order valence-corrected chi connectivity index (χ1v) is 8.04. The number of nitrogens with zero attached hydrogens (tertiary/aromatic N) is 1. The first-order valence-electron chi connectivity index (χ1n) is 8.04. The van der Waals surface area contributed by atoms with Crippen LogP contribution in [0.25, 0.3) is 0 Å². The zero-order chi connectivity index (χ0) is 14.0. The summed E-state index contributed by atoms with van der Waals surface area (Å²) in [7, 11) is 2.31. The minimum atomic E-state index is 0.389. The molecule has 1 saturated heterocycles. The number of hydrogen-bond donors (Lipinski definition) is 1. The van der Waals surface area contributed by atoms with Gasteiger partial charge in [-0.1, -0.05) is 20.8 Å². The zero-order valence-electron chi connectivity index (χ0n) is 13.4. The van der Waals surface area contributed by atoms with Gasteiger partial charge in [-0.25, -0.2) is 0 Å². The van der Waals surface area contributed by atoms with E-state index in [0.717, 1.165) is 13.2 Å². The summed E-state index contributed by atoms with van der Waals surface area (Å²) < 4.78 is 5.75. The van der Waals surface area contributed by atoms with Gasteiger partial charge in [0.25, 0.3) is 0 Å². The maximum absolute atomic E-state index is 5.75. The van der Waals surface area contributed by atoms with Gasteiger partial charge < -0.3 is 10.1 Å². The van der Waals surface area contributed by atoms with Crippen LogP contribution in [0.3, 0.4) is 0 Å². The third kappa shape index (κ3) is 3.14. The predicted molar refractivity (Wildman–Crippen MR) is 80.5 cm³/mol. The highest BCUT2D eigenvalue weighted by Crippen LogP contribution is 2.41. The molecule has 4 unspecified atom stereocenters. The van der Waals surface area contributed by atoms with Gasteiger partial charge in [0.15, 0.2) is 0 Å². The van der Waals surface area contributed by atoms with Crippen LogP contribution in [0.2, 0.25) is 0 Å². The molecule has 2 aliphatic rings. The predicted octanol–water partition coefficient (Wildman–Crippen LogP) is 2.65. The Kier molecular flexibility index (Phi) is 4.91. The molecule has 112 valence electrons. The largest absolute Gasteiger partial charge is 0.377 e. The average molecular weight is 268 g/mol. The fraction of sp³-hybridized carbons (Fsp3) is 1.00. The van der Waals surface area contributed by atoms with E-state index < -0.39 is 0 Å². The van der Waals surface area contributed by atoms with Crippen molar-refractivity contribution in [2.24, 2.45) is 5.41 Å². The van der Waals surface area contributed by atoms with E-state index in [1.165, 1.54) is 25.7 Å². The maximum Gasteiger partial charge on any atom is 0.0703 e. The topological polar surface area (TPSA) is 24.5 Å². The smallest absolute Gasteiger partial charge is 0.0703 e. The van der Waals surface area contributed by atoms with Gasteiger partial charge in [0.1, 0.15) is 0 Å². The van der Waals surface area contributed by atoms with E-state index in [4.69, 9.17) is 4.74 Å². The average Bonchev–Trinajstić information content (AvgIpc) is 2.90. The van der Waals surface area contributed by atoms with Gasteiger partial charge in [-0.05, 0) is 51.6 Å². The summed E-state index contributed by atoms with van der Waals surface area (Å²) >= 11 is 0. The molecule has 1 N–H and O–H groups in total. The van der Waals surface area contributed by atoms with E-state index >= 15 is 0 Å². The van der Waals surface area contributed by atoms with Crippen molar-refractivity contribution in [2.45, 2.75) is 77.6 Å². The summed E-state index contributed by atoms with van der Waals surface area (Å²) in [6.45, 7) is 11.4. The molecule has 3 nitrogen and oxygen atoms in total. The van der Waals surface area contributed by atoms with E-state index in [1.54, 1.807) is 0 Å². The summed E-state index contributed by atoms with van der Waals surface area (Å²) in [6, 6.07) is 1.88. The monoisotopic (exact) mass is 268 g/mol. The molecule has 1 aliphatic carbocycles. The molecule has 0 aromatic heterocycles. The van der Waals surface area contributed by atoms with Gasteiger partial charge in [0.05, 0.1) is 6.10 Å². The van der Waals surface area contributed by atoms with E-state index in [2.05, 4.69) is 45.0 Å². The molecule has 2 rings (SSSR count). The van der Waals surface area contributed by atoms with Crippen molar-refractivity contribution < 1.29 is 4.74 Å². The molecule has 4 atom stereocenters. The van der Waals surface area contributed by atoms with Crippen LogP contribution in [-0.4, -0.2) is 49.3 Å². The second-order valence-corrected chi connectivity index (χ2v) is 7.12. The van der Waals surface area contributed by atoms with E-state index in [-0.39, 0.29) is 0 Å². The van der Waals surface area contributed by atoms with Crippen LogP contribution in [-0.2, 0) is 4.74 Å². The Bertz CT molecular complexity index is 292. The summed E-state index contributed by atoms with van der Waals surface area (Å²) in [5.41, 5.74) is 0.413. The summed E-state index contributed by atoms with van der Waals surface area (Å²) in [5.74, 6) is 0. The van der Waals surface area contributed by atoms with Crippen molar-refractivity contribution in [2.75, 3.05) is 20.2 Å². The van der Waals surface area contributed by atoms with Crippen molar-refractivity contribution in [3.63, 3.8) is 0 Å². The van der Waals surface area contributed by atoms with E-state index in [0.29, 0.717) is 29.6 Å². The molecule has 1 aliphatic heterocycles. The maximum atomic E-state index is 5.75. The van der Waals surface area contributed by atoms with Gasteiger partial charge in [0.2, 0.25) is 0 Å². The Morgan fingerprint density at radius 1 is 1.26 bits per heavy atom. The van der Waals surface area contributed by atoms with Crippen molar-refractivity contribution in [1.29, 1.82) is 0 Å². The molecule has 0 bridgehead atoms. The third-order valence-electron chi connectivity index (χ3n) is 5.31. The Balaban J connectivity index is 2.04. The van der Waals surface area contributed by atoms with E-state index in [9.17, 15) is 0 Å². The lowest BCUT2D eigenvalue weighted by atomic mass is 9.86. The minimum absolute atomic E-state index is 0.389. The van der Waals surface area contributed by atoms with Crippen LogP contribution in [0.1, 0.15) is 53.4 Å².